The van der Waals surface area contributed by atoms with Crippen molar-refractivity contribution >= 4 is 22.6 Å². The van der Waals surface area contributed by atoms with Gasteiger partial charge in [-0.2, -0.15) is 0 Å². The number of halogens is 1. The van der Waals surface area contributed by atoms with Gasteiger partial charge in [0, 0.05) is 24.6 Å². The van der Waals surface area contributed by atoms with Crippen LogP contribution in [0.4, 0.5) is 10.1 Å². The van der Waals surface area contributed by atoms with Crippen LogP contribution in [0.25, 0.3) is 11.0 Å². The second-order valence-corrected chi connectivity index (χ2v) is 6.60. The number of hydrogen-bond acceptors (Lipinski definition) is 5. The van der Waals surface area contributed by atoms with Crippen molar-refractivity contribution in [3.05, 3.63) is 65.5 Å². The minimum Gasteiger partial charge on any atom is -0.508 e. The Kier molecular flexibility index (Phi) is 5.08. The lowest BCUT2D eigenvalue weighted by atomic mass is 10.1. The maximum atomic E-state index is 14.0. The zero-order valence-electron chi connectivity index (χ0n) is 15.0. The number of hydrogen-bond donors (Lipinski definition) is 2. The molecule has 0 bridgehead atoms. The fraction of sp³-hybridized carbons (Fsp3) is 0.238. The molecule has 0 spiro atoms. The predicted molar refractivity (Wildman–Crippen MR) is 101 cm³/mol. The first kappa shape index (κ1) is 18.2. The Morgan fingerprint density at radius 2 is 2.11 bits per heavy atom. The molecule has 2 heterocycles. The molecule has 1 fully saturated rings. The summed E-state index contributed by atoms with van der Waals surface area (Å²) < 4.78 is 25.3. The van der Waals surface area contributed by atoms with Gasteiger partial charge in [0.25, 0.3) is 5.91 Å². The molecular formula is C21H19FN2O4. The highest BCUT2D eigenvalue weighted by molar-refractivity contribution is 5.96. The number of amides is 1. The van der Waals surface area contributed by atoms with Crippen molar-refractivity contribution in [3.63, 3.8) is 0 Å². The van der Waals surface area contributed by atoms with Crippen molar-refractivity contribution in [1.29, 1.82) is 0 Å². The molecule has 1 amide bonds. The van der Waals surface area contributed by atoms with Gasteiger partial charge in [-0.3, -0.25) is 4.79 Å². The molecule has 0 unspecified atom stereocenters. The van der Waals surface area contributed by atoms with E-state index in [2.05, 4.69) is 10.3 Å². The van der Waals surface area contributed by atoms with Crippen LogP contribution in [0.3, 0.4) is 0 Å². The molecule has 1 atom stereocenters. The van der Waals surface area contributed by atoms with Gasteiger partial charge in [0.1, 0.15) is 28.4 Å². The number of phenols is 1. The number of benzene rings is 2. The summed E-state index contributed by atoms with van der Waals surface area (Å²) in [7, 11) is 0. The Balaban J connectivity index is 1.77. The van der Waals surface area contributed by atoms with E-state index in [4.69, 9.17) is 9.15 Å². The van der Waals surface area contributed by atoms with Crippen LogP contribution in [-0.2, 0) is 4.74 Å². The van der Waals surface area contributed by atoms with Crippen LogP contribution in [0, 0.1) is 5.82 Å². The van der Waals surface area contributed by atoms with Gasteiger partial charge in [-0.25, -0.2) is 9.38 Å². The summed E-state index contributed by atoms with van der Waals surface area (Å²) in [5, 5.41) is 13.1. The van der Waals surface area contributed by atoms with Gasteiger partial charge in [0.05, 0.1) is 6.10 Å². The fourth-order valence-electron chi connectivity index (χ4n) is 3.11. The third-order valence-corrected chi connectivity index (χ3v) is 4.57. The summed E-state index contributed by atoms with van der Waals surface area (Å²) in [6.45, 7) is 1.08. The topological polar surface area (TPSA) is 84.1 Å². The number of rotatable bonds is 4. The first-order chi connectivity index (χ1) is 13.6. The van der Waals surface area contributed by atoms with Gasteiger partial charge in [-0.1, -0.05) is 12.1 Å². The number of para-hydroxylation sites is 1. The highest BCUT2D eigenvalue weighted by Crippen LogP contribution is 2.21. The molecule has 2 N–H and O–H groups in total. The maximum absolute atomic E-state index is 14.0. The molecule has 144 valence electrons. The lowest BCUT2D eigenvalue weighted by molar-refractivity contribution is 0.0854. The van der Waals surface area contributed by atoms with E-state index < -0.39 is 5.82 Å². The average molecular weight is 382 g/mol. The molecule has 1 aliphatic rings. The zero-order valence-corrected chi connectivity index (χ0v) is 15.0. The molecule has 4 rings (SSSR count). The Bertz CT molecular complexity index is 1090. The van der Waals surface area contributed by atoms with E-state index >= 15 is 0 Å². The van der Waals surface area contributed by atoms with Crippen LogP contribution < -0.4 is 10.9 Å². The average Bonchev–Trinajstić information content (AvgIpc) is 3.21. The van der Waals surface area contributed by atoms with Gasteiger partial charge < -0.3 is 19.6 Å². The minimum atomic E-state index is -0.528. The Morgan fingerprint density at radius 1 is 1.25 bits per heavy atom. The molecule has 1 aromatic heterocycles. The van der Waals surface area contributed by atoms with Gasteiger partial charge in [-0.15, -0.1) is 0 Å². The summed E-state index contributed by atoms with van der Waals surface area (Å²) in [4.78, 5) is 17.0. The van der Waals surface area contributed by atoms with Gasteiger partial charge in [0.2, 0.25) is 5.55 Å². The number of carbonyl (C=O) groups is 1. The highest BCUT2D eigenvalue weighted by atomic mass is 19.1. The molecule has 28 heavy (non-hydrogen) atoms. The standard InChI is InChI=1S/C21H19FN2O4/c22-17-5-1-2-6-18(17)24-21-16(20(26)23-12-15-4-3-9-27-15)10-13-7-8-14(25)11-19(13)28-21/h1-2,5-8,10-11,15,25H,3-4,9,12H2,(H,23,26)/t15-/m0/s1. The van der Waals surface area contributed by atoms with Crippen LogP contribution in [0.15, 0.2) is 57.9 Å². The molecule has 6 nitrogen and oxygen atoms in total. The van der Waals surface area contributed by atoms with Crippen LogP contribution >= 0.6 is 0 Å². The van der Waals surface area contributed by atoms with Crippen molar-refractivity contribution in [2.45, 2.75) is 18.9 Å². The number of nitrogens with zero attached hydrogens (tertiary/aromatic N) is 1. The van der Waals surface area contributed by atoms with E-state index in [1.807, 2.05) is 0 Å². The van der Waals surface area contributed by atoms with Gasteiger partial charge >= 0.3 is 0 Å². The summed E-state index contributed by atoms with van der Waals surface area (Å²) >= 11 is 0. The molecule has 3 aromatic rings. The van der Waals surface area contributed by atoms with Crippen LogP contribution in [-0.4, -0.2) is 30.3 Å². The van der Waals surface area contributed by atoms with Gasteiger partial charge in [0.15, 0.2) is 0 Å². The van der Waals surface area contributed by atoms with Gasteiger partial charge in [-0.05, 0) is 43.2 Å². The lowest BCUT2D eigenvalue weighted by Crippen LogP contribution is -2.34. The molecule has 0 radical (unpaired) electrons. The second-order valence-electron chi connectivity index (χ2n) is 6.60. The number of phenolic OH excluding ortho intramolecular Hbond substituents is 1. The third kappa shape index (κ3) is 3.89. The van der Waals surface area contributed by atoms with Crippen molar-refractivity contribution in [1.82, 2.24) is 5.32 Å². The van der Waals surface area contributed by atoms with E-state index in [9.17, 15) is 14.3 Å². The third-order valence-electron chi connectivity index (χ3n) is 4.57. The number of ether oxygens (including phenoxy) is 1. The predicted octanol–water partition coefficient (Wildman–Crippen LogP) is 3.42. The van der Waals surface area contributed by atoms with Crippen LogP contribution in [0.1, 0.15) is 23.2 Å². The first-order valence-electron chi connectivity index (χ1n) is 9.06. The minimum absolute atomic E-state index is 0.00903. The molecule has 1 aliphatic heterocycles. The lowest BCUT2D eigenvalue weighted by Gasteiger charge is -2.11. The summed E-state index contributed by atoms with van der Waals surface area (Å²) in [6, 6.07) is 12.1. The smallest absolute Gasteiger partial charge is 0.256 e. The van der Waals surface area contributed by atoms with Crippen molar-refractivity contribution in [2.75, 3.05) is 13.2 Å². The SMILES string of the molecule is O=C(NC[C@@H]1CCCO1)c1cc2ccc(O)cc2oc1=Nc1ccccc1F. The molecular weight excluding hydrogens is 363 g/mol. The number of fused-ring (bicyclic) bond motifs is 1. The van der Waals surface area contributed by atoms with Crippen LogP contribution in [0.2, 0.25) is 0 Å². The maximum Gasteiger partial charge on any atom is 0.256 e. The van der Waals surface area contributed by atoms with E-state index in [0.29, 0.717) is 24.1 Å². The van der Waals surface area contributed by atoms with E-state index in [0.717, 1.165) is 12.8 Å². The van der Waals surface area contributed by atoms with Crippen molar-refractivity contribution < 1.29 is 23.4 Å². The fourth-order valence-corrected chi connectivity index (χ4v) is 3.11. The Morgan fingerprint density at radius 3 is 2.89 bits per heavy atom. The largest absolute Gasteiger partial charge is 0.508 e. The number of aromatic hydroxyl groups is 1. The number of carbonyl (C=O) groups excluding carboxylic acids is 1. The normalized spacial score (nSPS) is 17.2. The number of nitrogens with one attached hydrogen (secondary N) is 1. The van der Waals surface area contributed by atoms with E-state index in [-0.39, 0.29) is 34.6 Å². The Labute approximate surface area is 160 Å². The summed E-state index contributed by atoms with van der Waals surface area (Å²) in [5.41, 5.74) is 0.539. The monoisotopic (exact) mass is 382 g/mol. The molecule has 0 saturated carbocycles. The second kappa shape index (κ2) is 7.82. The molecule has 1 saturated heterocycles. The molecule has 2 aromatic carbocycles. The van der Waals surface area contributed by atoms with Crippen molar-refractivity contribution in [3.8, 4) is 5.75 Å². The zero-order chi connectivity index (χ0) is 19.5. The molecule has 0 aliphatic carbocycles. The van der Waals surface area contributed by atoms with Crippen molar-refractivity contribution in [2.24, 2.45) is 4.99 Å². The molecule has 7 heteroatoms. The van der Waals surface area contributed by atoms with E-state index in [1.54, 1.807) is 24.3 Å². The Hall–Kier alpha value is -3.19. The highest BCUT2D eigenvalue weighted by Gasteiger charge is 2.19. The quantitative estimate of drug-likeness (QED) is 0.724. The summed E-state index contributed by atoms with van der Waals surface area (Å²) in [6.07, 6.45) is 1.86. The van der Waals surface area contributed by atoms with E-state index in [1.165, 1.54) is 24.3 Å². The van der Waals surface area contributed by atoms with Crippen LogP contribution in [0.5, 0.6) is 5.75 Å². The summed E-state index contributed by atoms with van der Waals surface area (Å²) in [5.74, 6) is -0.896. The first-order valence-corrected chi connectivity index (χ1v) is 9.06.